The van der Waals surface area contributed by atoms with Crippen LogP contribution >= 0.6 is 0 Å². The summed E-state index contributed by atoms with van der Waals surface area (Å²) in [5.74, 6) is 0.711. The molecule has 1 heterocycles. The molecular weight excluding hydrogens is 252 g/mol. The zero-order valence-electron chi connectivity index (χ0n) is 10.7. The van der Waals surface area contributed by atoms with Crippen LogP contribution in [-0.2, 0) is 13.2 Å². The summed E-state index contributed by atoms with van der Waals surface area (Å²) in [5.41, 5.74) is 3.32. The number of nitrogens with zero attached hydrogens (tertiary/aromatic N) is 1. The van der Waals surface area contributed by atoms with Gasteiger partial charge in [-0.3, -0.25) is 4.79 Å². The molecule has 1 N–H and O–H groups in total. The van der Waals surface area contributed by atoms with Crippen LogP contribution in [0.15, 0.2) is 42.5 Å². The Morgan fingerprint density at radius 3 is 2.75 bits per heavy atom. The van der Waals surface area contributed by atoms with Gasteiger partial charge in [0.15, 0.2) is 0 Å². The average molecular weight is 264 g/mol. The quantitative estimate of drug-likeness (QED) is 0.925. The van der Waals surface area contributed by atoms with E-state index in [0.29, 0.717) is 18.7 Å². The zero-order chi connectivity index (χ0) is 13.9. The van der Waals surface area contributed by atoms with Gasteiger partial charge in [-0.15, -0.1) is 0 Å². The Labute approximate surface area is 116 Å². The number of carbonyl (C=O) groups excluding carboxylic acids is 1. The van der Waals surface area contributed by atoms with Gasteiger partial charge >= 0.3 is 0 Å². The minimum atomic E-state index is -0.0290. The number of ether oxygens (including phenoxy) is 1. The third-order valence-corrected chi connectivity index (χ3v) is 3.25. The number of benzene rings is 2. The lowest BCUT2D eigenvalue weighted by Crippen LogP contribution is -2.12. The largest absolute Gasteiger partial charge is 0.489 e. The van der Waals surface area contributed by atoms with Gasteiger partial charge in [0.25, 0.3) is 5.91 Å². The zero-order valence-corrected chi connectivity index (χ0v) is 10.7. The first kappa shape index (κ1) is 12.2. The second kappa shape index (κ2) is 5.06. The van der Waals surface area contributed by atoms with E-state index < -0.39 is 0 Å². The van der Waals surface area contributed by atoms with Crippen molar-refractivity contribution in [2.75, 3.05) is 0 Å². The molecule has 0 spiro atoms. The van der Waals surface area contributed by atoms with Crippen LogP contribution < -0.4 is 10.1 Å². The molecule has 1 aliphatic rings. The third kappa shape index (κ3) is 2.34. The molecule has 0 unspecified atom stereocenters. The Bertz CT molecular complexity index is 699. The van der Waals surface area contributed by atoms with E-state index in [1.54, 1.807) is 24.3 Å². The van der Waals surface area contributed by atoms with Crippen molar-refractivity contribution in [2.24, 2.45) is 0 Å². The lowest BCUT2D eigenvalue weighted by atomic mass is 10.1. The summed E-state index contributed by atoms with van der Waals surface area (Å²) in [4.78, 5) is 11.4. The molecule has 2 aromatic carbocycles. The van der Waals surface area contributed by atoms with Crippen molar-refractivity contribution in [3.8, 4) is 11.8 Å². The Morgan fingerprint density at radius 2 is 2.00 bits per heavy atom. The average Bonchev–Trinajstić information content (AvgIpc) is 2.87. The van der Waals surface area contributed by atoms with Gasteiger partial charge in [-0.05, 0) is 41.5 Å². The highest BCUT2D eigenvalue weighted by Gasteiger charge is 2.18. The molecular formula is C16H12N2O2. The highest BCUT2D eigenvalue weighted by Crippen LogP contribution is 2.22. The maximum atomic E-state index is 11.4. The summed E-state index contributed by atoms with van der Waals surface area (Å²) in [7, 11) is 0. The monoisotopic (exact) mass is 264 g/mol. The third-order valence-electron chi connectivity index (χ3n) is 3.25. The van der Waals surface area contributed by atoms with E-state index >= 15 is 0 Å². The second-order valence-corrected chi connectivity index (χ2v) is 4.60. The fourth-order valence-electron chi connectivity index (χ4n) is 2.14. The normalized spacial score (nSPS) is 12.4. The summed E-state index contributed by atoms with van der Waals surface area (Å²) < 4.78 is 5.70. The first-order valence-corrected chi connectivity index (χ1v) is 6.29. The van der Waals surface area contributed by atoms with E-state index in [9.17, 15) is 4.79 Å². The van der Waals surface area contributed by atoms with E-state index in [0.717, 1.165) is 22.4 Å². The van der Waals surface area contributed by atoms with Gasteiger partial charge in [0.05, 0.1) is 11.6 Å². The molecule has 2 aromatic rings. The molecule has 0 saturated heterocycles. The summed E-state index contributed by atoms with van der Waals surface area (Å²) in [6.07, 6.45) is 0. The SMILES string of the molecule is N#Cc1ccc(COc2ccc3c(c2)CNC3=O)cc1. The minimum Gasteiger partial charge on any atom is -0.489 e. The predicted molar refractivity (Wildman–Crippen MR) is 73.1 cm³/mol. The molecule has 0 aromatic heterocycles. The Hall–Kier alpha value is -2.80. The van der Waals surface area contributed by atoms with Crippen molar-refractivity contribution in [1.82, 2.24) is 5.32 Å². The molecule has 0 aliphatic carbocycles. The highest BCUT2D eigenvalue weighted by molar-refractivity contribution is 5.98. The molecule has 4 heteroatoms. The van der Waals surface area contributed by atoms with E-state index in [4.69, 9.17) is 10.00 Å². The lowest BCUT2D eigenvalue weighted by Gasteiger charge is -2.07. The number of nitrogens with one attached hydrogen (secondary N) is 1. The van der Waals surface area contributed by atoms with Crippen molar-refractivity contribution >= 4 is 5.91 Å². The summed E-state index contributed by atoms with van der Waals surface area (Å²) in [6, 6.07) is 14.8. The number of nitriles is 1. The molecule has 1 aliphatic heterocycles. The van der Waals surface area contributed by atoms with Gasteiger partial charge < -0.3 is 10.1 Å². The molecule has 20 heavy (non-hydrogen) atoms. The Balaban J connectivity index is 1.69. The molecule has 0 atom stereocenters. The van der Waals surface area contributed by atoms with Crippen molar-refractivity contribution in [2.45, 2.75) is 13.2 Å². The number of amides is 1. The van der Waals surface area contributed by atoms with Gasteiger partial charge in [-0.2, -0.15) is 5.26 Å². The maximum Gasteiger partial charge on any atom is 0.251 e. The Kier molecular flexibility index (Phi) is 3.10. The van der Waals surface area contributed by atoms with Crippen molar-refractivity contribution in [1.29, 1.82) is 5.26 Å². The first-order valence-electron chi connectivity index (χ1n) is 6.29. The van der Waals surface area contributed by atoms with Crippen LogP contribution in [-0.4, -0.2) is 5.91 Å². The van der Waals surface area contributed by atoms with Gasteiger partial charge in [0, 0.05) is 12.1 Å². The Morgan fingerprint density at radius 1 is 1.20 bits per heavy atom. The fourth-order valence-corrected chi connectivity index (χ4v) is 2.14. The van der Waals surface area contributed by atoms with E-state index in [2.05, 4.69) is 11.4 Å². The molecule has 1 amide bonds. The molecule has 4 nitrogen and oxygen atoms in total. The fraction of sp³-hybridized carbons (Fsp3) is 0.125. The molecule has 98 valence electrons. The van der Waals surface area contributed by atoms with Crippen LogP contribution in [0.3, 0.4) is 0 Å². The van der Waals surface area contributed by atoms with E-state index in [1.807, 2.05) is 18.2 Å². The van der Waals surface area contributed by atoms with E-state index in [1.165, 1.54) is 0 Å². The van der Waals surface area contributed by atoms with Crippen molar-refractivity contribution in [3.63, 3.8) is 0 Å². The summed E-state index contributed by atoms with van der Waals surface area (Å²) >= 11 is 0. The maximum absolute atomic E-state index is 11.4. The number of fused-ring (bicyclic) bond motifs is 1. The van der Waals surface area contributed by atoms with Gasteiger partial charge in [0.1, 0.15) is 12.4 Å². The van der Waals surface area contributed by atoms with Gasteiger partial charge in [-0.25, -0.2) is 0 Å². The van der Waals surface area contributed by atoms with Crippen LogP contribution in [0.25, 0.3) is 0 Å². The summed E-state index contributed by atoms with van der Waals surface area (Å²) in [5, 5.41) is 11.5. The smallest absolute Gasteiger partial charge is 0.251 e. The molecule has 0 radical (unpaired) electrons. The number of hydrogen-bond acceptors (Lipinski definition) is 3. The molecule has 0 fully saturated rings. The van der Waals surface area contributed by atoms with E-state index in [-0.39, 0.29) is 5.91 Å². The number of carbonyl (C=O) groups is 1. The van der Waals surface area contributed by atoms with Crippen molar-refractivity contribution < 1.29 is 9.53 Å². The highest BCUT2D eigenvalue weighted by atomic mass is 16.5. The van der Waals surface area contributed by atoms with Crippen molar-refractivity contribution in [3.05, 3.63) is 64.7 Å². The minimum absolute atomic E-state index is 0.0290. The van der Waals surface area contributed by atoms with Crippen LogP contribution in [0, 0.1) is 11.3 Å². The first-order chi connectivity index (χ1) is 9.76. The molecule has 0 saturated carbocycles. The second-order valence-electron chi connectivity index (χ2n) is 4.60. The molecule has 0 bridgehead atoms. The number of rotatable bonds is 3. The number of hydrogen-bond donors (Lipinski definition) is 1. The standard InChI is InChI=1S/C16H12N2O2/c17-8-11-1-3-12(4-2-11)10-20-14-5-6-15-13(7-14)9-18-16(15)19/h1-7H,9-10H2,(H,18,19). The van der Waals surface area contributed by atoms with Crippen LogP contribution in [0.2, 0.25) is 0 Å². The van der Waals surface area contributed by atoms with Gasteiger partial charge in [-0.1, -0.05) is 12.1 Å². The predicted octanol–water partition coefficient (Wildman–Crippen LogP) is 2.38. The van der Waals surface area contributed by atoms with Gasteiger partial charge in [0.2, 0.25) is 0 Å². The topological polar surface area (TPSA) is 62.1 Å². The van der Waals surface area contributed by atoms with Crippen LogP contribution in [0.4, 0.5) is 0 Å². The lowest BCUT2D eigenvalue weighted by molar-refractivity contribution is 0.0966. The van der Waals surface area contributed by atoms with Crippen LogP contribution in [0.1, 0.15) is 27.0 Å². The molecule has 3 rings (SSSR count). The van der Waals surface area contributed by atoms with Crippen LogP contribution in [0.5, 0.6) is 5.75 Å². The summed E-state index contributed by atoms with van der Waals surface area (Å²) in [6.45, 7) is 0.994.